The third-order valence-corrected chi connectivity index (χ3v) is 5.96. The molecule has 118 valence electrons. The van der Waals surface area contributed by atoms with Crippen molar-refractivity contribution in [3.8, 4) is 0 Å². The summed E-state index contributed by atoms with van der Waals surface area (Å²) in [4.78, 5) is 4.25. The Morgan fingerprint density at radius 2 is 1.87 bits per heavy atom. The zero-order chi connectivity index (χ0) is 16.3. The van der Waals surface area contributed by atoms with E-state index in [1.165, 1.54) is 17.5 Å². The number of benzene rings is 1. The van der Waals surface area contributed by atoms with Crippen molar-refractivity contribution >= 4 is 38.6 Å². The van der Waals surface area contributed by atoms with Crippen LogP contribution in [-0.2, 0) is 10.0 Å². The topological polar surface area (TPSA) is 71.1 Å². The molecule has 2 N–H and O–H groups in total. The van der Waals surface area contributed by atoms with Crippen LogP contribution in [0.1, 0.15) is 5.56 Å². The number of thiophene rings is 1. The first kappa shape index (κ1) is 15.5. The summed E-state index contributed by atoms with van der Waals surface area (Å²) in [7, 11) is -3.54. The van der Waals surface area contributed by atoms with Gasteiger partial charge < -0.3 is 5.32 Å². The van der Waals surface area contributed by atoms with E-state index < -0.39 is 10.0 Å². The van der Waals surface area contributed by atoms with Crippen molar-refractivity contribution in [2.45, 2.75) is 11.1 Å². The Morgan fingerprint density at radius 3 is 2.52 bits per heavy atom. The van der Waals surface area contributed by atoms with Crippen LogP contribution < -0.4 is 10.0 Å². The molecule has 3 rings (SSSR count). The molecule has 2 aromatic heterocycles. The molecule has 0 saturated carbocycles. The van der Waals surface area contributed by atoms with Crippen molar-refractivity contribution < 1.29 is 8.42 Å². The summed E-state index contributed by atoms with van der Waals surface area (Å²) < 4.78 is 27.1. The van der Waals surface area contributed by atoms with Crippen molar-refractivity contribution in [2.24, 2.45) is 0 Å². The minimum atomic E-state index is -3.54. The Labute approximate surface area is 139 Å². The van der Waals surface area contributed by atoms with Crippen LogP contribution in [0.15, 0.2) is 64.3 Å². The van der Waals surface area contributed by atoms with E-state index in [2.05, 4.69) is 15.0 Å². The number of hydrogen-bond donors (Lipinski definition) is 2. The van der Waals surface area contributed by atoms with E-state index in [0.29, 0.717) is 11.5 Å². The van der Waals surface area contributed by atoms with Crippen molar-refractivity contribution in [1.29, 1.82) is 0 Å². The summed E-state index contributed by atoms with van der Waals surface area (Å²) in [6, 6.07) is 14.6. The number of aryl methyl sites for hydroxylation is 1. The van der Waals surface area contributed by atoms with Gasteiger partial charge in [0.2, 0.25) is 0 Å². The van der Waals surface area contributed by atoms with Gasteiger partial charge in [0.1, 0.15) is 10.0 Å². The first-order chi connectivity index (χ1) is 11.0. The molecule has 5 nitrogen and oxygen atoms in total. The minimum absolute atomic E-state index is 0.277. The van der Waals surface area contributed by atoms with Gasteiger partial charge in [0.15, 0.2) is 0 Å². The number of sulfonamides is 1. The summed E-state index contributed by atoms with van der Waals surface area (Å²) in [5.41, 5.74) is 2.50. The van der Waals surface area contributed by atoms with Crippen LogP contribution in [0.2, 0.25) is 0 Å². The van der Waals surface area contributed by atoms with Crippen LogP contribution in [0.5, 0.6) is 0 Å². The molecular formula is C16H15N3O2S2. The summed E-state index contributed by atoms with van der Waals surface area (Å²) in [6.07, 6.45) is 1.49. The number of hydrogen-bond acceptors (Lipinski definition) is 5. The van der Waals surface area contributed by atoms with Crippen molar-refractivity contribution in [3.05, 3.63) is 65.7 Å². The lowest BCUT2D eigenvalue weighted by Crippen LogP contribution is -2.11. The van der Waals surface area contributed by atoms with E-state index in [9.17, 15) is 8.42 Å². The maximum Gasteiger partial charge on any atom is 0.271 e. The highest BCUT2D eigenvalue weighted by Crippen LogP contribution is 2.22. The summed E-state index contributed by atoms with van der Waals surface area (Å²) in [5.74, 6) is 0.651. The first-order valence-corrected chi connectivity index (χ1v) is 9.26. The normalized spacial score (nSPS) is 11.2. The Bertz CT molecular complexity index is 889. The lowest BCUT2D eigenvalue weighted by molar-refractivity contribution is 0.603. The SMILES string of the molecule is Cc1ccccc1Nc1ccc(NS(=O)(=O)c2cccs2)cn1. The molecule has 0 aliphatic carbocycles. The average Bonchev–Trinajstić information content (AvgIpc) is 3.06. The van der Waals surface area contributed by atoms with Gasteiger partial charge in [0.25, 0.3) is 10.0 Å². The highest BCUT2D eigenvalue weighted by atomic mass is 32.2. The van der Waals surface area contributed by atoms with E-state index >= 15 is 0 Å². The number of aromatic nitrogens is 1. The lowest BCUT2D eigenvalue weighted by Gasteiger charge is -2.10. The van der Waals surface area contributed by atoms with Gasteiger partial charge in [0.05, 0.1) is 11.9 Å². The maximum atomic E-state index is 12.1. The van der Waals surface area contributed by atoms with E-state index in [1.807, 2.05) is 31.2 Å². The second-order valence-electron chi connectivity index (χ2n) is 4.91. The molecule has 7 heteroatoms. The predicted octanol–water partition coefficient (Wildman–Crippen LogP) is 4.00. The summed E-state index contributed by atoms with van der Waals surface area (Å²) in [6.45, 7) is 2.01. The van der Waals surface area contributed by atoms with Gasteiger partial charge >= 0.3 is 0 Å². The van der Waals surface area contributed by atoms with Gasteiger partial charge in [-0.2, -0.15) is 0 Å². The Hall–Kier alpha value is -2.38. The number of nitrogens with one attached hydrogen (secondary N) is 2. The molecule has 0 amide bonds. The van der Waals surface area contributed by atoms with Gasteiger partial charge in [-0.3, -0.25) is 4.72 Å². The molecule has 0 radical (unpaired) electrons. The third kappa shape index (κ3) is 3.69. The number of rotatable bonds is 5. The van der Waals surface area contributed by atoms with Crippen LogP contribution in [0.4, 0.5) is 17.2 Å². The van der Waals surface area contributed by atoms with Crippen LogP contribution >= 0.6 is 11.3 Å². The highest BCUT2D eigenvalue weighted by molar-refractivity contribution is 7.94. The fraction of sp³-hybridized carbons (Fsp3) is 0.0625. The van der Waals surface area contributed by atoms with Gasteiger partial charge in [0, 0.05) is 5.69 Å². The molecule has 0 unspecified atom stereocenters. The second-order valence-corrected chi connectivity index (χ2v) is 7.77. The van der Waals surface area contributed by atoms with Crippen LogP contribution in [-0.4, -0.2) is 13.4 Å². The molecule has 3 aromatic rings. The molecule has 23 heavy (non-hydrogen) atoms. The molecule has 0 spiro atoms. The summed E-state index contributed by atoms with van der Waals surface area (Å²) >= 11 is 1.17. The van der Waals surface area contributed by atoms with E-state index in [1.54, 1.807) is 29.6 Å². The number of pyridine rings is 1. The second kappa shape index (κ2) is 6.39. The molecule has 0 saturated heterocycles. The lowest BCUT2D eigenvalue weighted by atomic mass is 10.2. The van der Waals surface area contributed by atoms with Crippen LogP contribution in [0.25, 0.3) is 0 Å². The molecule has 1 aromatic carbocycles. The maximum absolute atomic E-state index is 12.1. The smallest absolute Gasteiger partial charge is 0.271 e. The molecule has 2 heterocycles. The number of nitrogens with zero attached hydrogens (tertiary/aromatic N) is 1. The quantitative estimate of drug-likeness (QED) is 0.733. The van der Waals surface area contributed by atoms with Gasteiger partial charge in [-0.1, -0.05) is 24.3 Å². The zero-order valence-electron chi connectivity index (χ0n) is 12.4. The summed E-state index contributed by atoms with van der Waals surface area (Å²) in [5, 5.41) is 4.93. The van der Waals surface area contributed by atoms with Gasteiger partial charge in [-0.25, -0.2) is 13.4 Å². The molecule has 0 aliphatic rings. The molecule has 0 bridgehead atoms. The molecular weight excluding hydrogens is 330 g/mol. The Kier molecular flexibility index (Phi) is 4.31. The van der Waals surface area contributed by atoms with Crippen molar-refractivity contribution in [2.75, 3.05) is 10.0 Å². The molecule has 0 atom stereocenters. The molecule has 0 fully saturated rings. The Balaban J connectivity index is 1.74. The number of anilines is 3. The van der Waals surface area contributed by atoms with Crippen LogP contribution in [0, 0.1) is 6.92 Å². The average molecular weight is 345 g/mol. The first-order valence-electron chi connectivity index (χ1n) is 6.90. The van der Waals surface area contributed by atoms with Gasteiger partial charge in [-0.15, -0.1) is 11.3 Å². The third-order valence-electron chi connectivity index (χ3n) is 3.18. The van der Waals surface area contributed by atoms with Gasteiger partial charge in [-0.05, 0) is 42.1 Å². The molecule has 0 aliphatic heterocycles. The Morgan fingerprint density at radius 1 is 1.04 bits per heavy atom. The highest BCUT2D eigenvalue weighted by Gasteiger charge is 2.15. The van der Waals surface area contributed by atoms with Crippen LogP contribution in [0.3, 0.4) is 0 Å². The zero-order valence-corrected chi connectivity index (χ0v) is 14.0. The van der Waals surface area contributed by atoms with E-state index in [-0.39, 0.29) is 4.21 Å². The largest absolute Gasteiger partial charge is 0.340 e. The monoisotopic (exact) mass is 345 g/mol. The number of para-hydroxylation sites is 1. The minimum Gasteiger partial charge on any atom is -0.340 e. The fourth-order valence-corrected chi connectivity index (χ4v) is 4.04. The van der Waals surface area contributed by atoms with E-state index in [0.717, 1.165) is 11.3 Å². The van der Waals surface area contributed by atoms with Crippen molar-refractivity contribution in [3.63, 3.8) is 0 Å². The van der Waals surface area contributed by atoms with E-state index in [4.69, 9.17) is 0 Å². The fourth-order valence-electron chi connectivity index (χ4n) is 2.00. The van der Waals surface area contributed by atoms with Crippen molar-refractivity contribution in [1.82, 2.24) is 4.98 Å². The standard InChI is InChI=1S/C16H15N3O2S2/c1-12-5-2-3-6-14(12)18-15-9-8-13(11-17-15)19-23(20,21)16-7-4-10-22-16/h2-11,19H,1H3,(H,17,18). The predicted molar refractivity (Wildman–Crippen MR) is 93.8 cm³/mol.